The predicted molar refractivity (Wildman–Crippen MR) is 96.0 cm³/mol. The Morgan fingerprint density at radius 3 is 2.56 bits per heavy atom. The number of hydrogen-bond donors (Lipinski definition) is 0. The van der Waals surface area contributed by atoms with Crippen LogP contribution in [0.1, 0.15) is 28.9 Å². The maximum atomic E-state index is 13.1. The molecule has 25 heavy (non-hydrogen) atoms. The lowest BCUT2D eigenvalue weighted by atomic mass is 9.98. The van der Waals surface area contributed by atoms with Gasteiger partial charge in [0.05, 0.1) is 6.54 Å². The normalized spacial score (nSPS) is 13.6. The fourth-order valence-corrected chi connectivity index (χ4v) is 3.36. The quantitative estimate of drug-likeness (QED) is 0.740. The Balaban J connectivity index is 1.64. The monoisotopic (exact) mass is 332 g/mol. The van der Waals surface area contributed by atoms with Crippen molar-refractivity contribution in [2.75, 3.05) is 6.54 Å². The summed E-state index contributed by atoms with van der Waals surface area (Å²) < 4.78 is 2.13. The fraction of sp³-hybridized carbons (Fsp3) is 0.250. The van der Waals surface area contributed by atoms with Crippen LogP contribution < -0.4 is 0 Å². The van der Waals surface area contributed by atoms with Crippen LogP contribution in [-0.4, -0.2) is 32.1 Å². The highest BCUT2D eigenvalue weighted by atomic mass is 16.2. The molecule has 0 N–H and O–H groups in total. The number of hydrogen-bond acceptors (Lipinski definition) is 3. The SMILES string of the molecule is CCc1nnc2n1CCN(C(=O)c1ccccc1-c1ccccc1)C2. The van der Waals surface area contributed by atoms with Crippen molar-refractivity contribution in [3.05, 3.63) is 71.8 Å². The van der Waals surface area contributed by atoms with E-state index < -0.39 is 0 Å². The van der Waals surface area contributed by atoms with Crippen molar-refractivity contribution in [2.45, 2.75) is 26.4 Å². The molecule has 5 nitrogen and oxygen atoms in total. The number of benzene rings is 2. The van der Waals surface area contributed by atoms with Gasteiger partial charge in [0.1, 0.15) is 5.82 Å². The van der Waals surface area contributed by atoms with Gasteiger partial charge in [0.2, 0.25) is 0 Å². The maximum absolute atomic E-state index is 13.1. The van der Waals surface area contributed by atoms with Gasteiger partial charge < -0.3 is 9.47 Å². The molecule has 0 fully saturated rings. The van der Waals surface area contributed by atoms with Crippen LogP contribution in [-0.2, 0) is 19.5 Å². The molecule has 0 radical (unpaired) electrons. The van der Waals surface area contributed by atoms with E-state index >= 15 is 0 Å². The number of carbonyl (C=O) groups is 1. The topological polar surface area (TPSA) is 51.0 Å². The van der Waals surface area contributed by atoms with Gasteiger partial charge in [-0.1, -0.05) is 55.5 Å². The summed E-state index contributed by atoms with van der Waals surface area (Å²) in [5.74, 6) is 1.91. The summed E-state index contributed by atoms with van der Waals surface area (Å²) in [6, 6.07) is 17.8. The first-order chi connectivity index (χ1) is 12.3. The Hall–Kier alpha value is -2.95. The third-order valence-corrected chi connectivity index (χ3v) is 4.68. The molecular weight excluding hydrogens is 312 g/mol. The van der Waals surface area contributed by atoms with Crippen molar-refractivity contribution in [2.24, 2.45) is 0 Å². The smallest absolute Gasteiger partial charge is 0.254 e. The number of rotatable bonds is 3. The number of fused-ring (bicyclic) bond motifs is 1. The molecule has 0 saturated carbocycles. The summed E-state index contributed by atoms with van der Waals surface area (Å²) in [6.07, 6.45) is 0.859. The second-order valence-electron chi connectivity index (χ2n) is 6.18. The van der Waals surface area contributed by atoms with E-state index in [-0.39, 0.29) is 5.91 Å². The molecule has 2 aromatic carbocycles. The van der Waals surface area contributed by atoms with Crippen molar-refractivity contribution in [1.29, 1.82) is 0 Å². The van der Waals surface area contributed by atoms with Crippen LogP contribution in [0.4, 0.5) is 0 Å². The highest BCUT2D eigenvalue weighted by Gasteiger charge is 2.26. The summed E-state index contributed by atoms with van der Waals surface area (Å²) >= 11 is 0. The lowest BCUT2D eigenvalue weighted by Gasteiger charge is -2.28. The highest BCUT2D eigenvalue weighted by molar-refractivity contribution is 6.00. The third kappa shape index (κ3) is 2.82. The first-order valence-corrected chi connectivity index (χ1v) is 8.62. The van der Waals surface area contributed by atoms with Crippen LogP contribution in [0.5, 0.6) is 0 Å². The number of aromatic nitrogens is 3. The molecular formula is C20H20N4O. The minimum absolute atomic E-state index is 0.0479. The summed E-state index contributed by atoms with van der Waals surface area (Å²) in [5, 5.41) is 8.48. The van der Waals surface area contributed by atoms with E-state index in [1.807, 2.05) is 59.5 Å². The molecule has 1 aromatic heterocycles. The molecule has 0 aliphatic carbocycles. The molecule has 0 saturated heterocycles. The summed E-state index contributed by atoms with van der Waals surface area (Å²) in [7, 11) is 0. The molecule has 0 spiro atoms. The van der Waals surface area contributed by atoms with Crippen LogP contribution in [0.15, 0.2) is 54.6 Å². The molecule has 5 heteroatoms. The van der Waals surface area contributed by atoms with Gasteiger partial charge in [-0.25, -0.2) is 0 Å². The lowest BCUT2D eigenvalue weighted by Crippen LogP contribution is -2.39. The van der Waals surface area contributed by atoms with Crippen molar-refractivity contribution in [3.8, 4) is 11.1 Å². The zero-order valence-corrected chi connectivity index (χ0v) is 14.2. The van der Waals surface area contributed by atoms with Crippen LogP contribution in [0.2, 0.25) is 0 Å². The second-order valence-corrected chi connectivity index (χ2v) is 6.18. The molecule has 4 rings (SSSR count). The second kappa shape index (κ2) is 6.51. The minimum atomic E-state index is 0.0479. The molecule has 0 unspecified atom stereocenters. The summed E-state index contributed by atoms with van der Waals surface area (Å²) in [5.41, 5.74) is 2.76. The van der Waals surface area contributed by atoms with E-state index in [9.17, 15) is 4.79 Å². The van der Waals surface area contributed by atoms with E-state index in [0.29, 0.717) is 13.1 Å². The fourth-order valence-electron chi connectivity index (χ4n) is 3.36. The maximum Gasteiger partial charge on any atom is 0.254 e. The van der Waals surface area contributed by atoms with Crippen LogP contribution in [0, 0.1) is 0 Å². The lowest BCUT2D eigenvalue weighted by molar-refractivity contribution is 0.0707. The Morgan fingerprint density at radius 2 is 1.76 bits per heavy atom. The van der Waals surface area contributed by atoms with Crippen molar-refractivity contribution < 1.29 is 4.79 Å². The van der Waals surface area contributed by atoms with E-state index in [0.717, 1.165) is 41.3 Å². The first-order valence-electron chi connectivity index (χ1n) is 8.62. The average Bonchev–Trinajstić information content (AvgIpc) is 3.10. The van der Waals surface area contributed by atoms with Gasteiger partial charge in [0.15, 0.2) is 5.82 Å². The van der Waals surface area contributed by atoms with Crippen molar-refractivity contribution in [1.82, 2.24) is 19.7 Å². The van der Waals surface area contributed by atoms with Gasteiger partial charge >= 0.3 is 0 Å². The number of amides is 1. The Bertz CT molecular complexity index is 901. The molecule has 2 heterocycles. The zero-order valence-electron chi connectivity index (χ0n) is 14.2. The standard InChI is InChI=1S/C20H20N4O/c1-2-18-21-22-19-14-23(12-13-24(18)19)20(25)17-11-7-6-10-16(17)15-8-4-3-5-9-15/h3-11H,2,12-14H2,1H3. The van der Waals surface area contributed by atoms with E-state index in [4.69, 9.17) is 0 Å². The van der Waals surface area contributed by atoms with Crippen LogP contribution >= 0.6 is 0 Å². The summed E-state index contributed by atoms with van der Waals surface area (Å²) in [6.45, 7) is 4.02. The average molecular weight is 332 g/mol. The van der Waals surface area contributed by atoms with Gasteiger partial charge in [0.25, 0.3) is 5.91 Å². The molecule has 1 aliphatic rings. The number of carbonyl (C=O) groups excluding carboxylic acids is 1. The molecule has 1 amide bonds. The van der Waals surface area contributed by atoms with Gasteiger partial charge in [-0.05, 0) is 17.2 Å². The molecule has 1 aliphatic heterocycles. The Kier molecular flexibility index (Phi) is 4.06. The van der Waals surface area contributed by atoms with Crippen molar-refractivity contribution >= 4 is 5.91 Å². The number of aryl methyl sites for hydroxylation is 1. The first kappa shape index (κ1) is 15.6. The zero-order chi connectivity index (χ0) is 17.2. The largest absolute Gasteiger partial charge is 0.329 e. The van der Waals surface area contributed by atoms with Crippen molar-refractivity contribution in [3.63, 3.8) is 0 Å². The highest BCUT2D eigenvalue weighted by Crippen LogP contribution is 2.25. The molecule has 0 atom stereocenters. The van der Waals surface area contributed by atoms with E-state index in [1.54, 1.807) is 0 Å². The third-order valence-electron chi connectivity index (χ3n) is 4.68. The Morgan fingerprint density at radius 1 is 1.00 bits per heavy atom. The van der Waals surface area contributed by atoms with E-state index in [2.05, 4.69) is 21.7 Å². The molecule has 3 aromatic rings. The van der Waals surface area contributed by atoms with E-state index in [1.165, 1.54) is 0 Å². The predicted octanol–water partition coefficient (Wildman–Crippen LogP) is 3.16. The van der Waals surface area contributed by atoms with Crippen LogP contribution in [0.25, 0.3) is 11.1 Å². The van der Waals surface area contributed by atoms with Gasteiger partial charge in [-0.3, -0.25) is 4.79 Å². The number of nitrogens with zero attached hydrogens (tertiary/aromatic N) is 4. The van der Waals surface area contributed by atoms with Gasteiger partial charge in [0, 0.05) is 25.1 Å². The van der Waals surface area contributed by atoms with Crippen LogP contribution in [0.3, 0.4) is 0 Å². The molecule has 0 bridgehead atoms. The molecule has 126 valence electrons. The van der Waals surface area contributed by atoms with Gasteiger partial charge in [-0.2, -0.15) is 0 Å². The summed E-state index contributed by atoms with van der Waals surface area (Å²) in [4.78, 5) is 15.0. The Labute approximate surface area is 146 Å². The minimum Gasteiger partial charge on any atom is -0.329 e. The van der Waals surface area contributed by atoms with Gasteiger partial charge in [-0.15, -0.1) is 10.2 Å².